The number of aromatic amines is 1. The number of carboxylic acids is 5. The van der Waals surface area contributed by atoms with E-state index >= 15 is 14.4 Å². The molecular weight excluding hydrogens is 1400 g/mol. The number of unbranched alkanes of at least 4 members (excludes halogenated alkanes) is 1. The van der Waals surface area contributed by atoms with Crippen LogP contribution in [0.5, 0.6) is 5.75 Å². The lowest BCUT2D eigenvalue weighted by Gasteiger charge is -2.33. The van der Waals surface area contributed by atoms with Gasteiger partial charge in [0.1, 0.15) is 48.0 Å². The molecule has 19 N–H and O–H groups in total. The molecule has 35 nitrogen and oxygen atoms in total. The van der Waals surface area contributed by atoms with E-state index < -0.39 is 169 Å². The molecule has 4 aromatic rings. The number of benzene rings is 3. The number of phenolic OH excluding ortho intramolecular Hbond substituents is 1. The van der Waals surface area contributed by atoms with Crippen LogP contribution in [0.4, 0.5) is 0 Å². The van der Waals surface area contributed by atoms with Crippen LogP contribution in [0.2, 0.25) is 0 Å². The number of aromatic hydroxyl groups is 1. The molecule has 104 heavy (non-hydrogen) atoms. The van der Waals surface area contributed by atoms with Gasteiger partial charge in [-0.25, -0.2) is 4.79 Å². The van der Waals surface area contributed by atoms with Crippen molar-refractivity contribution in [3.63, 3.8) is 0 Å². The van der Waals surface area contributed by atoms with E-state index in [-0.39, 0.29) is 103 Å². The standard InChI is InChI=1S/C65H90N14O19S2.C2H4O2/c1-38(80)56-64(96)73-51(63(95)75-57(39(2)81)65(97)98)37-100-99-36-50(72-59(91)47(28-40-10-4-3-5-11-40)68-52(83)32-76-20-22-77(33-53(84)85)24-26-79(35-55(88)89)27-25-78(23-21-76)34-54(86)87)62(94)70-48(29-41-15-17-43(82)18-16-41)60(92)71-49(30-42-31-67-45-13-7-6-12-44(42)45)61(93)69-46(58(90)74-56)14-8-9-19-66;1-2(3)4/h3-7,10-13,15-18,31,38-39,46-51,56-57,67,80-82H,8-9,14,19-30,32-37,66H2,1-2H3,(H,68,83)(H,69,93)(H,70,94)(H,71,92)(H,72,91)(H,73,96)(H,74,90)(H,75,95)(H,84,85)(H,86,87)(H,88,89)(H,97,98);1H3,(H,3,4). The summed E-state index contributed by atoms with van der Waals surface area (Å²) in [4.78, 5) is 185. The monoisotopic (exact) mass is 1490 g/mol. The molecular formula is C67H94N14O21S2. The van der Waals surface area contributed by atoms with Gasteiger partial charge in [-0.15, -0.1) is 0 Å². The number of carbonyl (C=O) groups is 13. The minimum absolute atomic E-state index is 0.0426. The van der Waals surface area contributed by atoms with Gasteiger partial charge in [-0.05, 0) is 74.5 Å². The summed E-state index contributed by atoms with van der Waals surface area (Å²) < 4.78 is 0. The van der Waals surface area contributed by atoms with Gasteiger partial charge in [-0.1, -0.05) is 82.3 Å². The van der Waals surface area contributed by atoms with Gasteiger partial charge in [-0.2, -0.15) is 0 Å². The molecule has 10 atom stereocenters. The Morgan fingerprint density at radius 2 is 1.08 bits per heavy atom. The van der Waals surface area contributed by atoms with Crippen molar-refractivity contribution in [3.05, 3.63) is 102 Å². The van der Waals surface area contributed by atoms with Gasteiger partial charge in [0.2, 0.25) is 47.3 Å². The van der Waals surface area contributed by atoms with Crippen LogP contribution in [0.3, 0.4) is 0 Å². The Bertz CT molecular complexity index is 3520. The summed E-state index contributed by atoms with van der Waals surface area (Å²) in [5, 5.41) is 99.8. The van der Waals surface area contributed by atoms with Crippen LogP contribution in [-0.4, -0.2) is 300 Å². The number of phenols is 1. The highest BCUT2D eigenvalue weighted by atomic mass is 33.1. The fraction of sp³-hybridized carbons (Fsp3) is 0.507. The van der Waals surface area contributed by atoms with Crippen molar-refractivity contribution in [2.45, 2.75) is 120 Å². The van der Waals surface area contributed by atoms with E-state index in [9.17, 15) is 78.9 Å². The van der Waals surface area contributed by atoms with Gasteiger partial charge in [0.05, 0.1) is 38.4 Å². The number of nitrogens with two attached hydrogens (primary N) is 1. The van der Waals surface area contributed by atoms with Crippen molar-refractivity contribution in [2.75, 3.05) is 96.6 Å². The second-order valence-corrected chi connectivity index (χ2v) is 27.6. The maximum absolute atomic E-state index is 15.3. The number of hydrogen-bond donors (Lipinski definition) is 18. The summed E-state index contributed by atoms with van der Waals surface area (Å²) in [5.74, 6) is -14.8. The Labute approximate surface area is 606 Å². The number of aliphatic carboxylic acids is 5. The number of carboxylic acid groups (broad SMARTS) is 5. The van der Waals surface area contributed by atoms with Crippen LogP contribution in [0.1, 0.15) is 56.7 Å². The molecule has 2 aliphatic rings. The first-order chi connectivity index (χ1) is 49.4. The number of aliphatic hydroxyl groups excluding tert-OH is 2. The normalized spacial score (nSPS) is 21.3. The number of para-hydroxylation sites is 1. The molecule has 0 radical (unpaired) electrons. The molecule has 0 spiro atoms. The quantitative estimate of drug-likeness (QED) is 0.0216. The van der Waals surface area contributed by atoms with Crippen molar-refractivity contribution < 1.29 is 103 Å². The van der Waals surface area contributed by atoms with Crippen LogP contribution in [0.15, 0.2) is 85.1 Å². The summed E-state index contributed by atoms with van der Waals surface area (Å²) >= 11 is 0. The topological polar surface area (TPSA) is 535 Å². The predicted molar refractivity (Wildman–Crippen MR) is 380 cm³/mol. The van der Waals surface area contributed by atoms with E-state index in [1.165, 1.54) is 24.3 Å². The number of nitrogens with one attached hydrogen (secondary N) is 9. The number of H-pyrrole nitrogens is 1. The number of rotatable bonds is 26. The first kappa shape index (κ1) is 85.2. The summed E-state index contributed by atoms with van der Waals surface area (Å²) in [6.45, 7) is 2.46. The van der Waals surface area contributed by atoms with Crippen molar-refractivity contribution >= 4 is 110 Å². The molecule has 570 valence electrons. The molecule has 8 amide bonds. The van der Waals surface area contributed by atoms with E-state index in [4.69, 9.17) is 15.6 Å². The molecule has 6 rings (SSSR count). The maximum atomic E-state index is 15.3. The number of nitrogens with zero attached hydrogens (tertiary/aromatic N) is 4. The molecule has 2 saturated heterocycles. The van der Waals surface area contributed by atoms with E-state index in [1.807, 2.05) is 0 Å². The molecule has 3 heterocycles. The minimum atomic E-state index is -1.91. The highest BCUT2D eigenvalue weighted by Gasteiger charge is 2.38. The third kappa shape index (κ3) is 30.1. The Morgan fingerprint density at radius 1 is 0.577 bits per heavy atom. The number of fused-ring (bicyclic) bond motifs is 1. The van der Waals surface area contributed by atoms with Crippen molar-refractivity contribution in [1.29, 1.82) is 0 Å². The number of aromatic nitrogens is 1. The lowest BCUT2D eigenvalue weighted by Crippen LogP contribution is -2.62. The first-order valence-corrected chi connectivity index (χ1v) is 35.9. The average molecular weight is 1500 g/mol. The summed E-state index contributed by atoms with van der Waals surface area (Å²) in [5.41, 5.74) is 7.96. The largest absolute Gasteiger partial charge is 0.508 e. The number of amides is 8. The van der Waals surface area contributed by atoms with Crippen LogP contribution >= 0.6 is 21.6 Å². The van der Waals surface area contributed by atoms with Crippen molar-refractivity contribution in [1.82, 2.24) is 67.1 Å². The fourth-order valence-corrected chi connectivity index (χ4v) is 13.4. The first-order valence-electron chi connectivity index (χ1n) is 33.5. The molecule has 1 aromatic heterocycles. The number of aliphatic hydroxyl groups is 2. The molecule has 10 unspecified atom stereocenters. The molecule has 0 bridgehead atoms. The molecule has 2 aliphatic heterocycles. The summed E-state index contributed by atoms with van der Waals surface area (Å²) in [7, 11) is 1.66. The Morgan fingerprint density at radius 3 is 1.61 bits per heavy atom. The SMILES string of the molecule is CC(=O)O.CC(O)C(NC(=O)C1CSSCC(NC(=O)C(Cc2ccccc2)NC(=O)CN2CCN(CC(=O)O)CCN(CC(=O)O)CCN(CC(=O)O)CC2)C(=O)NC(Cc2ccc(O)cc2)C(=O)NC(Cc2c[nH]c3ccccc23)C(=O)NC(CCCCN)C(=O)NC(C(C)O)C(=O)N1)C(=O)O. The third-order valence-corrected chi connectivity index (χ3v) is 19.0. The minimum Gasteiger partial charge on any atom is -0.508 e. The zero-order valence-corrected chi connectivity index (χ0v) is 59.4. The molecule has 2 fully saturated rings. The molecule has 37 heteroatoms. The van der Waals surface area contributed by atoms with Crippen LogP contribution < -0.4 is 48.3 Å². The third-order valence-electron chi connectivity index (χ3n) is 16.6. The second kappa shape index (κ2) is 43.6. The van der Waals surface area contributed by atoms with Gasteiger partial charge in [0.25, 0.3) is 5.97 Å². The smallest absolute Gasteiger partial charge is 0.328 e. The van der Waals surface area contributed by atoms with Gasteiger partial charge in [0, 0.05) is 107 Å². The molecule has 3 aromatic carbocycles. The zero-order valence-electron chi connectivity index (χ0n) is 57.8. The number of hydrogen-bond acceptors (Lipinski definition) is 23. The Hall–Kier alpha value is -9.47. The van der Waals surface area contributed by atoms with Crippen molar-refractivity contribution in [2.24, 2.45) is 5.73 Å². The highest BCUT2D eigenvalue weighted by molar-refractivity contribution is 8.76. The van der Waals surface area contributed by atoms with E-state index in [0.717, 1.165) is 42.4 Å². The average Bonchev–Trinajstić information content (AvgIpc) is 1.63. The number of carbonyl (C=O) groups excluding carboxylic acids is 8. The lowest BCUT2D eigenvalue weighted by molar-refractivity contribution is -0.145. The zero-order chi connectivity index (χ0) is 76.6. The van der Waals surface area contributed by atoms with Crippen LogP contribution in [0.25, 0.3) is 10.9 Å². The van der Waals surface area contributed by atoms with Crippen LogP contribution in [0, 0.1) is 0 Å². The maximum Gasteiger partial charge on any atom is 0.328 e. The van der Waals surface area contributed by atoms with Crippen LogP contribution in [-0.2, 0) is 81.6 Å². The van der Waals surface area contributed by atoms with E-state index in [1.54, 1.807) is 80.4 Å². The molecule has 0 saturated carbocycles. The van der Waals surface area contributed by atoms with Gasteiger partial charge >= 0.3 is 23.9 Å². The van der Waals surface area contributed by atoms with Crippen molar-refractivity contribution in [3.8, 4) is 5.75 Å². The van der Waals surface area contributed by atoms with Gasteiger partial charge < -0.3 is 94.1 Å². The van der Waals surface area contributed by atoms with E-state index in [0.29, 0.717) is 34.0 Å². The van der Waals surface area contributed by atoms with Gasteiger partial charge in [-0.3, -0.25) is 77.1 Å². The summed E-state index contributed by atoms with van der Waals surface area (Å²) in [6, 6.07) is 7.92. The second-order valence-electron chi connectivity index (χ2n) is 25.0. The predicted octanol–water partition coefficient (Wildman–Crippen LogP) is -3.28. The highest BCUT2D eigenvalue weighted by Crippen LogP contribution is 2.25. The Kier molecular flexibility index (Phi) is 35.7. The fourth-order valence-electron chi connectivity index (χ4n) is 11.1. The lowest BCUT2D eigenvalue weighted by atomic mass is 10.0. The van der Waals surface area contributed by atoms with E-state index in [2.05, 4.69) is 47.5 Å². The Balaban J connectivity index is 0.00000473. The molecule has 0 aliphatic carbocycles. The van der Waals surface area contributed by atoms with Gasteiger partial charge in [0.15, 0.2) is 6.04 Å². The summed E-state index contributed by atoms with van der Waals surface area (Å²) in [6.07, 6.45) is -1.92.